The Labute approximate surface area is 115 Å². The minimum atomic E-state index is 0.0343. The van der Waals surface area contributed by atoms with Gasteiger partial charge in [0.1, 0.15) is 5.75 Å². The van der Waals surface area contributed by atoms with Crippen molar-refractivity contribution < 1.29 is 9.53 Å². The quantitative estimate of drug-likeness (QED) is 0.796. The average Bonchev–Trinajstić information content (AvgIpc) is 2.38. The fraction of sp³-hybridized carbons (Fsp3) is 0.533. The van der Waals surface area contributed by atoms with Crippen molar-refractivity contribution >= 4 is 11.6 Å². The van der Waals surface area contributed by atoms with Gasteiger partial charge in [-0.15, -0.1) is 0 Å². The summed E-state index contributed by atoms with van der Waals surface area (Å²) in [5.41, 5.74) is 0.970. The topological polar surface area (TPSA) is 50.4 Å². The van der Waals surface area contributed by atoms with E-state index in [9.17, 15) is 4.79 Å². The number of hydrogen-bond donors (Lipinski definition) is 2. The maximum atomic E-state index is 11.3. The van der Waals surface area contributed by atoms with E-state index in [1.807, 2.05) is 38.1 Å². The first-order valence-electron chi connectivity index (χ1n) is 6.79. The van der Waals surface area contributed by atoms with Crippen molar-refractivity contribution in [2.24, 2.45) is 0 Å². The summed E-state index contributed by atoms with van der Waals surface area (Å²) in [4.78, 5) is 11.3. The van der Waals surface area contributed by atoms with Gasteiger partial charge in [0.25, 0.3) is 0 Å². The minimum Gasteiger partial charge on any atom is -0.491 e. The highest BCUT2D eigenvalue weighted by Crippen LogP contribution is 2.20. The van der Waals surface area contributed by atoms with Gasteiger partial charge in [-0.25, -0.2) is 0 Å². The van der Waals surface area contributed by atoms with E-state index in [2.05, 4.69) is 17.6 Å². The van der Waals surface area contributed by atoms with Gasteiger partial charge in [-0.3, -0.25) is 4.79 Å². The molecule has 0 spiro atoms. The SMILES string of the molecule is CC[C@H](C)Oc1cccc(N[C@@H](C)CC(=O)NC)c1. The summed E-state index contributed by atoms with van der Waals surface area (Å²) < 4.78 is 5.77. The fourth-order valence-electron chi connectivity index (χ4n) is 1.69. The molecular weight excluding hydrogens is 240 g/mol. The molecule has 0 radical (unpaired) electrons. The Hall–Kier alpha value is -1.71. The molecule has 0 aliphatic carbocycles. The predicted molar refractivity (Wildman–Crippen MR) is 78.6 cm³/mol. The van der Waals surface area contributed by atoms with Crippen molar-refractivity contribution in [3.05, 3.63) is 24.3 Å². The third-order valence-corrected chi connectivity index (χ3v) is 2.93. The van der Waals surface area contributed by atoms with Crippen LogP contribution in [0.2, 0.25) is 0 Å². The van der Waals surface area contributed by atoms with Crippen LogP contribution < -0.4 is 15.4 Å². The molecule has 4 heteroatoms. The first-order valence-corrected chi connectivity index (χ1v) is 6.79. The Morgan fingerprint density at radius 1 is 1.37 bits per heavy atom. The maximum absolute atomic E-state index is 11.3. The summed E-state index contributed by atoms with van der Waals surface area (Å²) in [5.74, 6) is 0.888. The van der Waals surface area contributed by atoms with E-state index in [0.29, 0.717) is 6.42 Å². The van der Waals surface area contributed by atoms with Gasteiger partial charge in [0.05, 0.1) is 6.10 Å². The Kier molecular flexibility index (Phi) is 6.19. The fourth-order valence-corrected chi connectivity index (χ4v) is 1.69. The molecule has 1 amide bonds. The van der Waals surface area contributed by atoms with Crippen LogP contribution in [-0.4, -0.2) is 25.1 Å². The zero-order valence-electron chi connectivity index (χ0n) is 12.2. The molecule has 0 aromatic heterocycles. The van der Waals surface area contributed by atoms with Gasteiger partial charge in [-0.1, -0.05) is 13.0 Å². The van der Waals surface area contributed by atoms with E-state index in [0.717, 1.165) is 17.9 Å². The number of carbonyl (C=O) groups is 1. The smallest absolute Gasteiger partial charge is 0.221 e. The van der Waals surface area contributed by atoms with E-state index >= 15 is 0 Å². The zero-order valence-corrected chi connectivity index (χ0v) is 12.2. The number of nitrogens with one attached hydrogen (secondary N) is 2. The molecule has 0 heterocycles. The zero-order chi connectivity index (χ0) is 14.3. The summed E-state index contributed by atoms with van der Waals surface area (Å²) in [5, 5.41) is 5.92. The Balaban J connectivity index is 2.58. The lowest BCUT2D eigenvalue weighted by Crippen LogP contribution is -2.26. The molecule has 2 N–H and O–H groups in total. The molecule has 0 aliphatic heterocycles. The van der Waals surface area contributed by atoms with Gasteiger partial charge >= 0.3 is 0 Å². The lowest BCUT2D eigenvalue weighted by atomic mass is 10.2. The van der Waals surface area contributed by atoms with Gasteiger partial charge < -0.3 is 15.4 Å². The lowest BCUT2D eigenvalue weighted by molar-refractivity contribution is -0.120. The molecule has 1 aromatic carbocycles. The Bertz CT molecular complexity index is 407. The molecule has 2 atom stereocenters. The first-order chi connectivity index (χ1) is 9.05. The molecule has 0 unspecified atom stereocenters. The standard InChI is InChI=1S/C15H24N2O2/c1-5-12(3)19-14-8-6-7-13(10-14)17-11(2)9-15(18)16-4/h6-8,10-12,17H,5,9H2,1-4H3,(H,16,18)/t11-,12-/m0/s1. The van der Waals surface area contributed by atoms with Crippen LogP contribution >= 0.6 is 0 Å². The van der Waals surface area contributed by atoms with Crippen molar-refractivity contribution in [1.82, 2.24) is 5.32 Å². The van der Waals surface area contributed by atoms with Gasteiger partial charge in [-0.2, -0.15) is 0 Å². The van der Waals surface area contributed by atoms with E-state index in [4.69, 9.17) is 4.74 Å². The number of ether oxygens (including phenoxy) is 1. The molecule has 4 nitrogen and oxygen atoms in total. The number of carbonyl (C=O) groups excluding carboxylic acids is 1. The average molecular weight is 264 g/mol. The monoisotopic (exact) mass is 264 g/mol. The molecule has 106 valence electrons. The number of benzene rings is 1. The summed E-state index contributed by atoms with van der Waals surface area (Å²) in [6.45, 7) is 6.13. The molecule has 0 bridgehead atoms. The van der Waals surface area contributed by atoms with Crippen LogP contribution in [0.15, 0.2) is 24.3 Å². The van der Waals surface area contributed by atoms with Crippen LogP contribution in [0.1, 0.15) is 33.6 Å². The molecule has 19 heavy (non-hydrogen) atoms. The number of rotatable bonds is 7. The van der Waals surface area contributed by atoms with E-state index in [1.54, 1.807) is 7.05 Å². The van der Waals surface area contributed by atoms with E-state index in [-0.39, 0.29) is 18.1 Å². The molecule has 0 saturated heterocycles. The minimum absolute atomic E-state index is 0.0343. The number of hydrogen-bond acceptors (Lipinski definition) is 3. The second kappa shape index (κ2) is 7.67. The van der Waals surface area contributed by atoms with Crippen molar-refractivity contribution in [2.45, 2.75) is 45.8 Å². The van der Waals surface area contributed by atoms with E-state index < -0.39 is 0 Å². The predicted octanol–water partition coefficient (Wildman–Crippen LogP) is 2.80. The molecule has 1 aromatic rings. The Morgan fingerprint density at radius 2 is 2.11 bits per heavy atom. The van der Waals surface area contributed by atoms with Crippen LogP contribution in [0.3, 0.4) is 0 Å². The summed E-state index contributed by atoms with van der Waals surface area (Å²) in [6, 6.07) is 7.92. The van der Waals surface area contributed by atoms with Crippen LogP contribution in [0.4, 0.5) is 5.69 Å². The van der Waals surface area contributed by atoms with Crippen LogP contribution in [-0.2, 0) is 4.79 Å². The largest absolute Gasteiger partial charge is 0.491 e. The van der Waals surface area contributed by atoms with Gasteiger partial charge in [0.2, 0.25) is 5.91 Å². The third kappa shape index (κ3) is 5.64. The van der Waals surface area contributed by atoms with Crippen molar-refractivity contribution in [3.63, 3.8) is 0 Å². The summed E-state index contributed by atoms with van der Waals surface area (Å²) in [6.07, 6.45) is 1.64. The van der Waals surface area contributed by atoms with Gasteiger partial charge in [-0.05, 0) is 32.4 Å². The maximum Gasteiger partial charge on any atom is 0.221 e. The van der Waals surface area contributed by atoms with Crippen LogP contribution in [0, 0.1) is 0 Å². The summed E-state index contributed by atoms with van der Waals surface area (Å²) in [7, 11) is 1.65. The molecule has 1 rings (SSSR count). The Morgan fingerprint density at radius 3 is 2.74 bits per heavy atom. The third-order valence-electron chi connectivity index (χ3n) is 2.93. The lowest BCUT2D eigenvalue weighted by Gasteiger charge is -2.17. The number of amides is 1. The second-order valence-electron chi connectivity index (χ2n) is 4.79. The summed E-state index contributed by atoms with van der Waals surface area (Å²) >= 11 is 0. The van der Waals surface area contributed by atoms with Gasteiger partial charge in [0, 0.05) is 31.3 Å². The highest BCUT2D eigenvalue weighted by atomic mass is 16.5. The van der Waals surface area contributed by atoms with Crippen molar-refractivity contribution in [1.29, 1.82) is 0 Å². The van der Waals surface area contributed by atoms with Crippen molar-refractivity contribution in [2.75, 3.05) is 12.4 Å². The molecule has 0 aliphatic rings. The number of anilines is 1. The first kappa shape index (κ1) is 15.3. The highest BCUT2D eigenvalue weighted by Gasteiger charge is 2.08. The second-order valence-corrected chi connectivity index (χ2v) is 4.79. The molecule has 0 fully saturated rings. The normalized spacial score (nSPS) is 13.5. The van der Waals surface area contributed by atoms with Crippen LogP contribution in [0.5, 0.6) is 5.75 Å². The van der Waals surface area contributed by atoms with Crippen LogP contribution in [0.25, 0.3) is 0 Å². The molecular formula is C15H24N2O2. The van der Waals surface area contributed by atoms with Crippen molar-refractivity contribution in [3.8, 4) is 5.75 Å². The highest BCUT2D eigenvalue weighted by molar-refractivity contribution is 5.76. The van der Waals surface area contributed by atoms with E-state index in [1.165, 1.54) is 0 Å². The van der Waals surface area contributed by atoms with Gasteiger partial charge in [0.15, 0.2) is 0 Å². The molecule has 0 saturated carbocycles.